The minimum absolute atomic E-state index is 0.0346. The lowest BCUT2D eigenvalue weighted by molar-refractivity contribution is -0.123. The van der Waals surface area contributed by atoms with Crippen molar-refractivity contribution in [2.24, 2.45) is 0 Å². The average Bonchev–Trinajstić information content (AvgIpc) is 2.65. The fraction of sp³-hybridized carbons (Fsp3) is 0.250. The topological polar surface area (TPSA) is 64.1 Å². The van der Waals surface area contributed by atoms with Gasteiger partial charge in [-0.15, -0.1) is 0 Å². The van der Waals surface area contributed by atoms with Gasteiger partial charge in [-0.3, -0.25) is 4.79 Å². The fourth-order valence-electron chi connectivity index (χ4n) is 2.73. The maximum Gasteiger partial charge on any atom is 0.258 e. The van der Waals surface area contributed by atoms with Gasteiger partial charge in [0.15, 0.2) is 6.61 Å². The first kappa shape index (κ1) is 19.4. The number of benzene rings is 2. The molecule has 1 amide bonds. The van der Waals surface area contributed by atoms with Crippen LogP contribution in [-0.4, -0.2) is 28.5 Å². The Labute approximate surface area is 167 Å². The maximum atomic E-state index is 12.2. The lowest BCUT2D eigenvalue weighted by atomic mass is 10.1. The zero-order valence-electron chi connectivity index (χ0n) is 14.8. The highest BCUT2D eigenvalue weighted by Crippen LogP contribution is 2.30. The number of aryl methyl sites for hydroxylation is 1. The highest BCUT2D eigenvalue weighted by atomic mass is 35.5. The monoisotopic (exact) mass is 403 g/mol. The zero-order valence-corrected chi connectivity index (χ0v) is 16.3. The number of fused-ring (bicyclic) bond motifs is 1. The van der Waals surface area contributed by atoms with E-state index in [2.05, 4.69) is 27.4 Å². The maximum absolute atomic E-state index is 12.2. The number of hydrogen-bond acceptors (Lipinski definition) is 4. The van der Waals surface area contributed by atoms with Crippen LogP contribution < -0.4 is 10.1 Å². The average molecular weight is 404 g/mol. The Morgan fingerprint density at radius 1 is 1.19 bits per heavy atom. The number of nitrogens with zero attached hydrogens (tertiary/aromatic N) is 2. The van der Waals surface area contributed by atoms with Crippen LogP contribution >= 0.6 is 23.2 Å². The van der Waals surface area contributed by atoms with Crippen LogP contribution in [0.3, 0.4) is 0 Å². The lowest BCUT2D eigenvalue weighted by Crippen LogP contribution is -2.36. The third-order valence-electron chi connectivity index (χ3n) is 4.08. The summed E-state index contributed by atoms with van der Waals surface area (Å²) in [6.07, 6.45) is 3.09. The SMILES string of the molecule is CC(CCc1ccccc1)NC(=O)COc1ncnc2c(Cl)cc(Cl)cc12. The van der Waals surface area contributed by atoms with E-state index in [1.165, 1.54) is 11.9 Å². The third-order valence-corrected chi connectivity index (χ3v) is 4.58. The van der Waals surface area contributed by atoms with E-state index in [0.717, 1.165) is 12.8 Å². The van der Waals surface area contributed by atoms with E-state index in [-0.39, 0.29) is 24.4 Å². The number of ether oxygens (including phenoxy) is 1. The second-order valence-corrected chi connectivity index (χ2v) is 7.09. The smallest absolute Gasteiger partial charge is 0.258 e. The molecular weight excluding hydrogens is 385 g/mol. The van der Waals surface area contributed by atoms with Crippen molar-refractivity contribution in [2.45, 2.75) is 25.8 Å². The molecule has 27 heavy (non-hydrogen) atoms. The highest BCUT2D eigenvalue weighted by molar-refractivity contribution is 6.38. The van der Waals surface area contributed by atoms with Crippen LogP contribution in [0.2, 0.25) is 10.0 Å². The van der Waals surface area contributed by atoms with Crippen LogP contribution in [0.5, 0.6) is 5.88 Å². The van der Waals surface area contributed by atoms with E-state index >= 15 is 0 Å². The first-order valence-electron chi connectivity index (χ1n) is 8.59. The molecule has 0 fully saturated rings. The van der Waals surface area contributed by atoms with Crippen LogP contribution in [0, 0.1) is 0 Å². The number of carbonyl (C=O) groups excluding carboxylic acids is 1. The van der Waals surface area contributed by atoms with Gasteiger partial charge in [-0.25, -0.2) is 9.97 Å². The Morgan fingerprint density at radius 2 is 1.96 bits per heavy atom. The van der Waals surface area contributed by atoms with Gasteiger partial charge in [-0.1, -0.05) is 53.5 Å². The molecule has 0 saturated carbocycles. The molecule has 2 aromatic carbocycles. The molecule has 3 rings (SSSR count). The van der Waals surface area contributed by atoms with Crippen molar-refractivity contribution in [3.63, 3.8) is 0 Å². The van der Waals surface area contributed by atoms with Crippen molar-refractivity contribution in [3.8, 4) is 5.88 Å². The van der Waals surface area contributed by atoms with Crippen LogP contribution in [0.15, 0.2) is 48.8 Å². The molecule has 1 atom stereocenters. The molecular formula is C20H19Cl2N3O2. The van der Waals surface area contributed by atoms with Crippen LogP contribution in [-0.2, 0) is 11.2 Å². The third kappa shape index (κ3) is 5.31. The molecule has 1 N–H and O–H groups in total. The van der Waals surface area contributed by atoms with Gasteiger partial charge < -0.3 is 10.1 Å². The van der Waals surface area contributed by atoms with Crippen LogP contribution in [0.25, 0.3) is 10.9 Å². The Hall–Kier alpha value is -2.37. The minimum atomic E-state index is -0.213. The first-order chi connectivity index (χ1) is 13.0. The summed E-state index contributed by atoms with van der Waals surface area (Å²) in [4.78, 5) is 20.4. The first-order valence-corrected chi connectivity index (χ1v) is 9.34. The molecule has 5 nitrogen and oxygen atoms in total. The number of amides is 1. The van der Waals surface area contributed by atoms with Gasteiger partial charge in [0.25, 0.3) is 5.91 Å². The molecule has 140 valence electrons. The van der Waals surface area contributed by atoms with Crippen molar-refractivity contribution >= 4 is 40.0 Å². The molecule has 7 heteroatoms. The van der Waals surface area contributed by atoms with Crippen LogP contribution in [0.4, 0.5) is 0 Å². The van der Waals surface area contributed by atoms with Gasteiger partial charge >= 0.3 is 0 Å². The summed E-state index contributed by atoms with van der Waals surface area (Å²) in [5.74, 6) is 0.0620. The van der Waals surface area contributed by atoms with Crippen molar-refractivity contribution < 1.29 is 9.53 Å². The molecule has 0 bridgehead atoms. The summed E-state index contributed by atoms with van der Waals surface area (Å²) in [7, 11) is 0. The molecule has 0 spiro atoms. The van der Waals surface area contributed by atoms with Gasteiger partial charge in [-0.05, 0) is 37.5 Å². The number of hydrogen-bond donors (Lipinski definition) is 1. The van der Waals surface area contributed by atoms with Crippen molar-refractivity contribution in [3.05, 3.63) is 64.4 Å². The van der Waals surface area contributed by atoms with Gasteiger partial charge in [0.2, 0.25) is 5.88 Å². The van der Waals surface area contributed by atoms with E-state index in [4.69, 9.17) is 27.9 Å². The van der Waals surface area contributed by atoms with E-state index in [1.807, 2.05) is 25.1 Å². The number of halogens is 2. The molecule has 3 aromatic rings. The predicted octanol–water partition coefficient (Wildman–Crippen LogP) is 4.45. The second-order valence-electron chi connectivity index (χ2n) is 6.24. The number of carbonyl (C=O) groups is 1. The standard InChI is InChI=1S/C20H19Cl2N3O2/c1-13(7-8-14-5-3-2-4-6-14)25-18(26)11-27-20-16-9-15(21)10-17(22)19(16)23-12-24-20/h2-6,9-10,12-13H,7-8,11H2,1H3,(H,25,26). The number of nitrogens with one attached hydrogen (secondary N) is 1. The molecule has 0 aliphatic carbocycles. The van der Waals surface area contributed by atoms with Crippen LogP contribution in [0.1, 0.15) is 18.9 Å². The van der Waals surface area contributed by atoms with Gasteiger partial charge in [0, 0.05) is 11.1 Å². The number of aromatic nitrogens is 2. The molecule has 1 heterocycles. The fourth-order valence-corrected chi connectivity index (χ4v) is 3.28. The van der Waals surface area contributed by atoms with E-state index in [9.17, 15) is 4.79 Å². The van der Waals surface area contributed by atoms with E-state index in [1.54, 1.807) is 12.1 Å². The molecule has 1 aromatic heterocycles. The lowest BCUT2D eigenvalue weighted by Gasteiger charge is -2.14. The van der Waals surface area contributed by atoms with Crippen molar-refractivity contribution in [2.75, 3.05) is 6.61 Å². The largest absolute Gasteiger partial charge is 0.467 e. The molecule has 0 aliphatic rings. The minimum Gasteiger partial charge on any atom is -0.467 e. The highest BCUT2D eigenvalue weighted by Gasteiger charge is 2.13. The van der Waals surface area contributed by atoms with E-state index in [0.29, 0.717) is 20.9 Å². The molecule has 0 radical (unpaired) electrons. The summed E-state index contributed by atoms with van der Waals surface area (Å²) < 4.78 is 5.57. The molecule has 0 aliphatic heterocycles. The van der Waals surface area contributed by atoms with Gasteiger partial charge in [-0.2, -0.15) is 0 Å². The summed E-state index contributed by atoms with van der Waals surface area (Å²) in [6.45, 7) is 1.83. The Kier molecular flexibility index (Phi) is 6.48. The van der Waals surface area contributed by atoms with Crippen molar-refractivity contribution in [1.29, 1.82) is 0 Å². The Bertz CT molecular complexity index is 935. The zero-order chi connectivity index (χ0) is 19.2. The second kappa shape index (κ2) is 9.02. The summed E-state index contributed by atoms with van der Waals surface area (Å²) >= 11 is 12.2. The molecule has 0 saturated heterocycles. The normalized spacial score (nSPS) is 12.0. The number of rotatable bonds is 7. The predicted molar refractivity (Wildman–Crippen MR) is 107 cm³/mol. The van der Waals surface area contributed by atoms with Gasteiger partial charge in [0.05, 0.1) is 15.9 Å². The summed E-state index contributed by atoms with van der Waals surface area (Å²) in [5.41, 5.74) is 1.78. The molecule has 1 unspecified atom stereocenters. The summed E-state index contributed by atoms with van der Waals surface area (Å²) in [5, 5.41) is 4.36. The van der Waals surface area contributed by atoms with Gasteiger partial charge in [0.1, 0.15) is 6.33 Å². The van der Waals surface area contributed by atoms with E-state index < -0.39 is 0 Å². The summed E-state index contributed by atoms with van der Waals surface area (Å²) in [6, 6.07) is 13.5. The van der Waals surface area contributed by atoms with Crippen molar-refractivity contribution in [1.82, 2.24) is 15.3 Å². The Balaban J connectivity index is 1.55. The quantitative estimate of drug-likeness (QED) is 0.632. The Morgan fingerprint density at radius 3 is 2.74 bits per heavy atom.